The van der Waals surface area contributed by atoms with Crippen LogP contribution in [0.2, 0.25) is 10.0 Å². The molecule has 2 aromatic carbocycles. The Labute approximate surface area is 260 Å². The first-order chi connectivity index (χ1) is 20.3. The number of thiazole rings is 1. The van der Waals surface area contributed by atoms with E-state index in [0.717, 1.165) is 70.6 Å². The summed E-state index contributed by atoms with van der Waals surface area (Å²) in [6.45, 7) is 5.13. The molecule has 1 aromatic heterocycles. The van der Waals surface area contributed by atoms with Crippen molar-refractivity contribution in [1.29, 1.82) is 0 Å². The van der Waals surface area contributed by atoms with Gasteiger partial charge < -0.3 is 24.4 Å². The van der Waals surface area contributed by atoms with Crippen molar-refractivity contribution in [2.75, 3.05) is 20.3 Å². The minimum absolute atomic E-state index is 0.0581. The number of fused-ring (bicyclic) bond motifs is 2. The van der Waals surface area contributed by atoms with Crippen LogP contribution in [-0.2, 0) is 11.3 Å². The van der Waals surface area contributed by atoms with Crippen molar-refractivity contribution < 1.29 is 19.0 Å². The summed E-state index contributed by atoms with van der Waals surface area (Å²) in [6, 6.07) is 10.4. The Morgan fingerprint density at radius 2 is 1.86 bits per heavy atom. The SMILES string of the molecule is COc1cccc(CN(C(=O)C2=C(c3cnc(OCCOc4c(Cl)cc(C)cc4Cl)s3)C[C@@H]3CCC2N3)C2CC2)c1C. The van der Waals surface area contributed by atoms with Crippen LogP contribution in [0.5, 0.6) is 16.7 Å². The van der Waals surface area contributed by atoms with Gasteiger partial charge in [0.2, 0.25) is 0 Å². The Bertz CT molecular complexity index is 1500. The molecule has 1 amide bonds. The fourth-order valence-electron chi connectivity index (χ4n) is 5.99. The number of nitrogens with one attached hydrogen (secondary N) is 1. The van der Waals surface area contributed by atoms with Gasteiger partial charge in [-0.1, -0.05) is 46.7 Å². The number of hydrogen-bond acceptors (Lipinski definition) is 7. The molecule has 2 atom stereocenters. The molecule has 6 rings (SSSR count). The Balaban J connectivity index is 1.19. The Morgan fingerprint density at radius 1 is 1.10 bits per heavy atom. The highest BCUT2D eigenvalue weighted by molar-refractivity contribution is 7.14. The molecule has 3 aliphatic rings. The summed E-state index contributed by atoms with van der Waals surface area (Å²) in [5.74, 6) is 1.43. The molecule has 10 heteroatoms. The van der Waals surface area contributed by atoms with Gasteiger partial charge >= 0.3 is 0 Å². The highest BCUT2D eigenvalue weighted by atomic mass is 35.5. The smallest absolute Gasteiger partial charge is 0.273 e. The third-order valence-electron chi connectivity index (χ3n) is 8.28. The standard InChI is InChI=1S/C32H35Cl2N3O4S/c1-18-13-24(33)30(25(34)14-18)40-11-12-41-32-35-16-28(42-32)23-15-21-7-10-26(36-21)29(23)31(38)37(22-8-9-22)17-20-5-4-6-27(39-3)19(20)2/h4-6,13-14,16,21-22,26,36H,7-12,15,17H2,1-3H3/t21-,26?/m0/s1. The van der Waals surface area contributed by atoms with E-state index in [1.807, 2.05) is 37.4 Å². The Hall–Kier alpha value is -2.78. The lowest BCUT2D eigenvalue weighted by atomic mass is 9.92. The Morgan fingerprint density at radius 3 is 2.60 bits per heavy atom. The number of amides is 1. The average molecular weight is 629 g/mol. The van der Waals surface area contributed by atoms with Crippen LogP contribution in [0.25, 0.3) is 5.57 Å². The molecule has 2 fully saturated rings. The number of halogens is 2. The van der Waals surface area contributed by atoms with Gasteiger partial charge in [0, 0.05) is 36.4 Å². The molecule has 7 nitrogen and oxygen atoms in total. The molecule has 2 bridgehead atoms. The van der Waals surface area contributed by atoms with E-state index >= 15 is 0 Å². The molecule has 222 valence electrons. The number of ether oxygens (including phenoxy) is 3. The summed E-state index contributed by atoms with van der Waals surface area (Å²) in [5.41, 5.74) is 5.15. The number of aromatic nitrogens is 1. The van der Waals surface area contributed by atoms with Gasteiger partial charge in [0.25, 0.3) is 11.1 Å². The van der Waals surface area contributed by atoms with Crippen molar-refractivity contribution in [1.82, 2.24) is 15.2 Å². The third kappa shape index (κ3) is 6.13. The lowest BCUT2D eigenvalue weighted by molar-refractivity contribution is -0.128. The van der Waals surface area contributed by atoms with Crippen LogP contribution >= 0.6 is 34.5 Å². The first-order valence-electron chi connectivity index (χ1n) is 14.4. The number of rotatable bonds is 11. The van der Waals surface area contributed by atoms with Crippen LogP contribution in [0.1, 0.15) is 53.7 Å². The van der Waals surface area contributed by atoms with Crippen molar-refractivity contribution >= 4 is 46.0 Å². The number of methoxy groups -OCH3 is 1. The number of hydrogen-bond donors (Lipinski definition) is 1. The lowest BCUT2D eigenvalue weighted by Gasteiger charge is -2.32. The summed E-state index contributed by atoms with van der Waals surface area (Å²) in [5, 5.41) is 5.19. The van der Waals surface area contributed by atoms with E-state index in [9.17, 15) is 4.79 Å². The van der Waals surface area contributed by atoms with Crippen LogP contribution < -0.4 is 19.5 Å². The van der Waals surface area contributed by atoms with E-state index < -0.39 is 0 Å². The van der Waals surface area contributed by atoms with Crippen LogP contribution in [0, 0.1) is 13.8 Å². The van der Waals surface area contributed by atoms with E-state index in [1.165, 1.54) is 11.3 Å². The fourth-order valence-corrected chi connectivity index (χ4v) is 7.55. The van der Waals surface area contributed by atoms with Crippen molar-refractivity contribution in [2.24, 2.45) is 0 Å². The topological polar surface area (TPSA) is 72.9 Å². The molecule has 1 unspecified atom stereocenters. The molecule has 1 N–H and O–H groups in total. The molecule has 2 aliphatic heterocycles. The third-order valence-corrected chi connectivity index (χ3v) is 9.81. The van der Waals surface area contributed by atoms with Gasteiger partial charge in [-0.3, -0.25) is 4.79 Å². The summed E-state index contributed by atoms with van der Waals surface area (Å²) in [4.78, 5) is 22.0. The van der Waals surface area contributed by atoms with Gasteiger partial charge in [0.1, 0.15) is 19.0 Å². The number of aryl methyl sites for hydroxylation is 1. The number of nitrogens with zero attached hydrogens (tertiary/aromatic N) is 2. The second-order valence-electron chi connectivity index (χ2n) is 11.2. The van der Waals surface area contributed by atoms with Crippen LogP contribution in [0.4, 0.5) is 0 Å². The summed E-state index contributed by atoms with van der Waals surface area (Å²) in [6.07, 6.45) is 6.76. The maximum atomic E-state index is 14.4. The van der Waals surface area contributed by atoms with Crippen molar-refractivity contribution in [3.63, 3.8) is 0 Å². The second kappa shape index (κ2) is 12.4. The fraction of sp³-hybridized carbons (Fsp3) is 0.438. The van der Waals surface area contributed by atoms with E-state index in [2.05, 4.69) is 28.2 Å². The molecule has 42 heavy (non-hydrogen) atoms. The summed E-state index contributed by atoms with van der Waals surface area (Å²) >= 11 is 14.1. The van der Waals surface area contributed by atoms with Gasteiger partial charge in [-0.25, -0.2) is 4.98 Å². The van der Waals surface area contributed by atoms with Crippen molar-refractivity contribution in [3.05, 3.63) is 73.7 Å². The molecule has 1 aliphatic carbocycles. The molecule has 3 heterocycles. The monoisotopic (exact) mass is 627 g/mol. The predicted octanol–water partition coefficient (Wildman–Crippen LogP) is 7.00. The lowest BCUT2D eigenvalue weighted by Crippen LogP contribution is -2.44. The van der Waals surface area contributed by atoms with E-state index in [1.54, 1.807) is 7.11 Å². The quantitative estimate of drug-likeness (QED) is 0.231. The summed E-state index contributed by atoms with van der Waals surface area (Å²) in [7, 11) is 1.69. The highest BCUT2D eigenvalue weighted by Crippen LogP contribution is 2.42. The number of carbonyl (C=O) groups excluding carboxylic acids is 1. The van der Waals surface area contributed by atoms with Gasteiger partial charge in [-0.2, -0.15) is 0 Å². The van der Waals surface area contributed by atoms with Crippen LogP contribution in [0.15, 0.2) is 42.1 Å². The maximum Gasteiger partial charge on any atom is 0.273 e. The zero-order valence-corrected chi connectivity index (χ0v) is 26.4. The number of carbonyl (C=O) groups is 1. The number of benzene rings is 2. The molecular formula is C32H35Cl2N3O4S. The molecular weight excluding hydrogens is 593 g/mol. The van der Waals surface area contributed by atoms with Crippen LogP contribution in [-0.4, -0.2) is 54.2 Å². The molecule has 0 spiro atoms. The zero-order chi connectivity index (χ0) is 29.4. The molecule has 1 saturated carbocycles. The first-order valence-corrected chi connectivity index (χ1v) is 16.0. The minimum Gasteiger partial charge on any atom is -0.496 e. The largest absolute Gasteiger partial charge is 0.496 e. The van der Waals surface area contributed by atoms with Gasteiger partial charge in [0.05, 0.1) is 22.0 Å². The minimum atomic E-state index is 0.0581. The molecule has 1 saturated heterocycles. The van der Waals surface area contributed by atoms with E-state index in [0.29, 0.717) is 40.2 Å². The van der Waals surface area contributed by atoms with Gasteiger partial charge in [-0.15, -0.1) is 0 Å². The van der Waals surface area contributed by atoms with E-state index in [-0.39, 0.29) is 24.6 Å². The highest BCUT2D eigenvalue weighted by Gasteiger charge is 2.42. The van der Waals surface area contributed by atoms with Crippen molar-refractivity contribution in [2.45, 2.75) is 70.6 Å². The maximum absolute atomic E-state index is 14.4. The van der Waals surface area contributed by atoms with E-state index in [4.69, 9.17) is 37.4 Å². The zero-order valence-electron chi connectivity index (χ0n) is 24.0. The van der Waals surface area contributed by atoms with Gasteiger partial charge in [0.15, 0.2) is 5.75 Å². The molecule has 0 radical (unpaired) electrons. The normalized spacial score (nSPS) is 19.6. The second-order valence-corrected chi connectivity index (χ2v) is 13.1. The van der Waals surface area contributed by atoms with Gasteiger partial charge in [-0.05, 0) is 86.4 Å². The Kier molecular flexibility index (Phi) is 8.68. The first kappa shape index (κ1) is 29.3. The van der Waals surface area contributed by atoms with Crippen LogP contribution in [0.3, 0.4) is 0 Å². The molecule has 3 aromatic rings. The average Bonchev–Trinajstić information content (AvgIpc) is 3.58. The van der Waals surface area contributed by atoms with Crippen molar-refractivity contribution in [3.8, 4) is 16.7 Å². The summed E-state index contributed by atoms with van der Waals surface area (Å²) < 4.78 is 17.3. The predicted molar refractivity (Wildman–Crippen MR) is 167 cm³/mol.